The highest BCUT2D eigenvalue weighted by Crippen LogP contribution is 2.34. The lowest BCUT2D eigenvalue weighted by molar-refractivity contribution is 0.0903. The number of nitrogens with zero attached hydrogens (tertiary/aromatic N) is 2. The van der Waals surface area contributed by atoms with Gasteiger partial charge in [0.2, 0.25) is 5.91 Å². The Morgan fingerprint density at radius 2 is 1.94 bits per heavy atom. The van der Waals surface area contributed by atoms with Gasteiger partial charge in [0.05, 0.1) is 30.4 Å². The Balaban J connectivity index is 1.65. The first-order valence-electron chi connectivity index (χ1n) is 10.2. The van der Waals surface area contributed by atoms with Crippen molar-refractivity contribution >= 4 is 33.6 Å². The van der Waals surface area contributed by atoms with Crippen LogP contribution in [0.1, 0.15) is 34.4 Å². The summed E-state index contributed by atoms with van der Waals surface area (Å²) in [5, 5.41) is 1.45. The number of hydrogen-bond donors (Lipinski definition) is 1. The Labute approximate surface area is 183 Å². The maximum atomic E-state index is 12.4. The predicted octanol–water partition coefficient (Wildman–Crippen LogP) is 4.87. The van der Waals surface area contributed by atoms with E-state index in [0.29, 0.717) is 47.4 Å². The minimum Gasteiger partial charge on any atom is -0.496 e. The Morgan fingerprint density at radius 3 is 2.69 bits per heavy atom. The van der Waals surface area contributed by atoms with Gasteiger partial charge in [-0.15, -0.1) is 0 Å². The molecule has 0 unspecified atom stereocenters. The van der Waals surface area contributed by atoms with E-state index in [-0.39, 0.29) is 11.5 Å². The number of methoxy groups -OCH3 is 1. The van der Waals surface area contributed by atoms with Crippen LogP contribution in [0, 0.1) is 0 Å². The lowest BCUT2D eigenvalue weighted by atomic mass is 10.1. The number of aromatic nitrogens is 2. The van der Waals surface area contributed by atoms with Crippen LogP contribution in [0.15, 0.2) is 54.9 Å². The van der Waals surface area contributed by atoms with Gasteiger partial charge in [0.1, 0.15) is 17.2 Å². The van der Waals surface area contributed by atoms with Crippen LogP contribution in [-0.4, -0.2) is 35.1 Å². The average Bonchev–Trinajstić information content (AvgIpc) is 3.21. The number of benzene rings is 2. The van der Waals surface area contributed by atoms with E-state index in [4.69, 9.17) is 15.2 Å². The molecule has 0 bridgehead atoms. The summed E-state index contributed by atoms with van der Waals surface area (Å²) in [6.07, 6.45) is 4.50. The van der Waals surface area contributed by atoms with Crippen molar-refractivity contribution in [3.8, 4) is 17.2 Å². The molecule has 2 aromatic carbocycles. The third kappa shape index (κ3) is 4.12. The minimum atomic E-state index is -0.613. The van der Waals surface area contributed by atoms with E-state index in [1.54, 1.807) is 47.3 Å². The molecule has 0 spiro atoms. The number of hydrogen-bond acceptors (Lipinski definition) is 5. The van der Waals surface area contributed by atoms with E-state index in [9.17, 15) is 14.0 Å². The number of primary amides is 1. The lowest BCUT2D eigenvalue weighted by Gasteiger charge is -2.12. The van der Waals surface area contributed by atoms with E-state index in [1.165, 1.54) is 7.11 Å². The summed E-state index contributed by atoms with van der Waals surface area (Å²) in [4.78, 5) is 28.5. The summed E-state index contributed by atoms with van der Waals surface area (Å²) in [6, 6.07) is 12.2. The van der Waals surface area contributed by atoms with Crippen molar-refractivity contribution in [3.63, 3.8) is 0 Å². The number of ether oxygens (including phenoxy) is 2. The third-order valence-corrected chi connectivity index (χ3v) is 5.22. The molecule has 2 heterocycles. The minimum absolute atomic E-state index is 0.0739. The van der Waals surface area contributed by atoms with Gasteiger partial charge in [-0.3, -0.25) is 23.5 Å². The topological polar surface area (TPSA) is 96.4 Å². The number of rotatable bonds is 8. The Kier molecular flexibility index (Phi) is 6.02. The average molecular weight is 435 g/mol. The molecule has 2 N–H and O–H groups in total. The van der Waals surface area contributed by atoms with Crippen LogP contribution in [0.2, 0.25) is 0 Å². The van der Waals surface area contributed by atoms with Gasteiger partial charge < -0.3 is 15.2 Å². The van der Waals surface area contributed by atoms with Gasteiger partial charge in [-0.1, -0.05) is 0 Å². The zero-order valence-corrected chi connectivity index (χ0v) is 17.5. The summed E-state index contributed by atoms with van der Waals surface area (Å²) in [5.41, 5.74) is 7.06. The quantitative estimate of drug-likeness (QED) is 0.398. The van der Waals surface area contributed by atoms with Gasteiger partial charge in [0.25, 0.3) is 5.91 Å². The zero-order chi connectivity index (χ0) is 22.7. The molecule has 0 fully saturated rings. The van der Waals surface area contributed by atoms with Crippen LogP contribution in [0.3, 0.4) is 0 Å². The Bertz CT molecular complexity index is 1320. The van der Waals surface area contributed by atoms with Gasteiger partial charge in [0, 0.05) is 35.7 Å². The van der Waals surface area contributed by atoms with E-state index in [2.05, 4.69) is 4.98 Å². The van der Waals surface area contributed by atoms with Crippen molar-refractivity contribution in [2.24, 2.45) is 5.73 Å². The smallest absolute Gasteiger partial charge is 0.252 e. The number of carbonyl (C=O) groups is 2. The molecule has 8 heteroatoms. The molecule has 0 saturated carbocycles. The van der Waals surface area contributed by atoms with Crippen LogP contribution in [-0.2, 0) is 0 Å². The summed E-state index contributed by atoms with van der Waals surface area (Å²) < 4.78 is 25.2. The second-order valence-corrected chi connectivity index (χ2v) is 7.29. The highest BCUT2D eigenvalue weighted by molar-refractivity contribution is 6.01. The molecule has 32 heavy (non-hydrogen) atoms. The largest absolute Gasteiger partial charge is 0.496 e. The Morgan fingerprint density at radius 1 is 1.09 bits per heavy atom. The van der Waals surface area contributed by atoms with E-state index >= 15 is 0 Å². The van der Waals surface area contributed by atoms with Crippen molar-refractivity contribution in [2.75, 3.05) is 13.8 Å². The van der Waals surface area contributed by atoms with Crippen LogP contribution < -0.4 is 15.2 Å². The lowest BCUT2D eigenvalue weighted by Crippen LogP contribution is -2.12. The number of halogens is 1. The monoisotopic (exact) mass is 435 g/mol. The molecule has 4 aromatic rings. The van der Waals surface area contributed by atoms with Crippen molar-refractivity contribution < 1.29 is 23.5 Å². The molecule has 7 nitrogen and oxygen atoms in total. The molecule has 1 amide bonds. The molecule has 4 rings (SSSR count). The molecule has 0 radical (unpaired) electrons. The van der Waals surface area contributed by atoms with Crippen LogP contribution >= 0.6 is 0 Å². The van der Waals surface area contributed by atoms with E-state index < -0.39 is 12.6 Å². The fourth-order valence-electron chi connectivity index (χ4n) is 3.62. The van der Waals surface area contributed by atoms with Gasteiger partial charge in [-0.2, -0.15) is 0 Å². The highest BCUT2D eigenvalue weighted by Gasteiger charge is 2.15. The number of carbonyl (C=O) groups excluding carboxylic acids is 2. The molecule has 0 aliphatic heterocycles. The van der Waals surface area contributed by atoms with Crippen LogP contribution in [0.25, 0.3) is 21.8 Å². The molecule has 164 valence electrons. The van der Waals surface area contributed by atoms with E-state index in [1.807, 2.05) is 12.1 Å². The molecule has 0 atom stereocenters. The first kappa shape index (κ1) is 21.3. The molecular formula is C24H22FN3O4. The summed E-state index contributed by atoms with van der Waals surface area (Å²) >= 11 is 0. The normalized spacial score (nSPS) is 11.1. The molecular weight excluding hydrogens is 413 g/mol. The van der Waals surface area contributed by atoms with Gasteiger partial charge in [0.15, 0.2) is 0 Å². The fraction of sp³-hybridized carbons (Fsp3) is 0.208. The summed E-state index contributed by atoms with van der Waals surface area (Å²) in [6.45, 7) is -0.419. The first-order valence-corrected chi connectivity index (χ1v) is 10.2. The number of unbranched alkanes of at least 4 members (excludes halogenated alkanes) is 1. The standard InChI is InChI=1S/C24H22FN3O4/c1-31-22-14-19-17(13-18(22)24(26)30)21(7-10-27-19)32-16-5-6-20-15(12-16)8-11-28(20)23(29)4-2-3-9-25/h5-8,10-14H,2-4,9H2,1H3,(H2,26,30). The molecule has 2 aromatic heterocycles. The SMILES string of the molecule is COc1cc2nccc(Oc3ccc4c(ccn4C(=O)CCCCF)c3)c2cc1C(N)=O. The summed E-state index contributed by atoms with van der Waals surface area (Å²) in [7, 11) is 1.46. The van der Waals surface area contributed by atoms with Crippen molar-refractivity contribution in [1.29, 1.82) is 0 Å². The number of alkyl halides is 1. The highest BCUT2D eigenvalue weighted by atomic mass is 19.1. The van der Waals surface area contributed by atoms with Gasteiger partial charge in [-0.05, 0) is 49.2 Å². The molecule has 0 aliphatic rings. The first-order chi connectivity index (χ1) is 15.5. The number of nitrogens with two attached hydrogens (primary N) is 1. The third-order valence-electron chi connectivity index (χ3n) is 5.22. The second kappa shape index (κ2) is 9.05. The van der Waals surface area contributed by atoms with E-state index in [0.717, 1.165) is 10.9 Å². The Hall–Kier alpha value is -3.94. The van der Waals surface area contributed by atoms with Crippen LogP contribution in [0.5, 0.6) is 17.2 Å². The number of fused-ring (bicyclic) bond motifs is 2. The maximum absolute atomic E-state index is 12.4. The number of pyridine rings is 1. The number of amides is 1. The molecule has 0 saturated heterocycles. The van der Waals surface area contributed by atoms with Crippen molar-refractivity contribution in [3.05, 3.63) is 60.4 Å². The molecule has 0 aliphatic carbocycles. The van der Waals surface area contributed by atoms with Crippen LogP contribution in [0.4, 0.5) is 4.39 Å². The fourth-order valence-corrected chi connectivity index (χ4v) is 3.62. The van der Waals surface area contributed by atoms with Gasteiger partial charge in [-0.25, -0.2) is 0 Å². The van der Waals surface area contributed by atoms with Crippen molar-refractivity contribution in [1.82, 2.24) is 9.55 Å². The van der Waals surface area contributed by atoms with Gasteiger partial charge >= 0.3 is 0 Å². The predicted molar refractivity (Wildman–Crippen MR) is 119 cm³/mol. The van der Waals surface area contributed by atoms with Crippen molar-refractivity contribution in [2.45, 2.75) is 19.3 Å². The summed E-state index contributed by atoms with van der Waals surface area (Å²) in [5.74, 6) is 0.714. The maximum Gasteiger partial charge on any atom is 0.252 e. The zero-order valence-electron chi connectivity index (χ0n) is 17.5. The second-order valence-electron chi connectivity index (χ2n) is 7.29.